The lowest BCUT2D eigenvalue weighted by molar-refractivity contribution is -0.153. The smallest absolute Gasteiger partial charge is 0.422 e. The third kappa shape index (κ3) is 3.76. The van der Waals surface area contributed by atoms with E-state index >= 15 is 0 Å². The van der Waals surface area contributed by atoms with Gasteiger partial charge in [0.05, 0.1) is 16.4 Å². The predicted octanol–water partition coefficient (Wildman–Crippen LogP) is 2.92. The average molecular weight is 386 g/mol. The second-order valence-electron chi connectivity index (χ2n) is 6.97. The van der Waals surface area contributed by atoms with Gasteiger partial charge in [-0.1, -0.05) is 0 Å². The van der Waals surface area contributed by atoms with E-state index in [1.165, 1.54) is 18.5 Å². The topological polar surface area (TPSA) is 60.4 Å². The highest BCUT2D eigenvalue weighted by atomic mass is 19.4. The van der Waals surface area contributed by atoms with Gasteiger partial charge in [-0.25, -0.2) is 4.39 Å². The quantitative estimate of drug-likeness (QED) is 0.737. The zero-order valence-corrected chi connectivity index (χ0v) is 14.4. The van der Waals surface area contributed by atoms with E-state index in [1.807, 2.05) is 0 Å². The number of rotatable bonds is 5. The van der Waals surface area contributed by atoms with E-state index in [9.17, 15) is 17.6 Å². The van der Waals surface area contributed by atoms with Gasteiger partial charge in [0.2, 0.25) is 5.88 Å². The Kier molecular flexibility index (Phi) is 4.53. The van der Waals surface area contributed by atoms with Crippen molar-refractivity contribution < 1.29 is 27.0 Å². The van der Waals surface area contributed by atoms with Crippen molar-refractivity contribution in [3.63, 3.8) is 0 Å². The summed E-state index contributed by atoms with van der Waals surface area (Å²) >= 11 is 0. The van der Waals surface area contributed by atoms with Gasteiger partial charge < -0.3 is 9.47 Å². The van der Waals surface area contributed by atoms with E-state index in [0.717, 1.165) is 19.4 Å². The molecular formula is C17H18F4N4O2. The lowest BCUT2D eigenvalue weighted by atomic mass is 9.95. The molecule has 2 aromatic rings. The summed E-state index contributed by atoms with van der Waals surface area (Å²) in [6.07, 6.45) is -0.446. The Morgan fingerprint density at radius 3 is 2.93 bits per heavy atom. The molecular weight excluding hydrogens is 368 g/mol. The van der Waals surface area contributed by atoms with Crippen molar-refractivity contribution in [3.8, 4) is 11.9 Å². The van der Waals surface area contributed by atoms with Gasteiger partial charge in [-0.2, -0.15) is 23.1 Å². The molecule has 146 valence electrons. The van der Waals surface area contributed by atoms with Gasteiger partial charge in [-0.15, -0.1) is 0 Å². The van der Waals surface area contributed by atoms with Gasteiger partial charge in [0, 0.05) is 25.4 Å². The molecule has 0 bridgehead atoms. The Balaban J connectivity index is 1.56. The van der Waals surface area contributed by atoms with E-state index in [1.54, 1.807) is 0 Å². The number of halogens is 4. The zero-order chi connectivity index (χ0) is 19.1. The Hall–Kier alpha value is -2.23. The number of nitrogens with zero attached hydrogens (tertiary/aromatic N) is 4. The zero-order valence-electron chi connectivity index (χ0n) is 14.4. The van der Waals surface area contributed by atoms with Crippen LogP contribution < -0.4 is 9.47 Å². The minimum Gasteiger partial charge on any atom is -0.467 e. The summed E-state index contributed by atoms with van der Waals surface area (Å²) in [5.41, 5.74) is -0.0362. The second kappa shape index (κ2) is 6.74. The summed E-state index contributed by atoms with van der Waals surface area (Å²) in [6, 6.07) is 1.45. The lowest BCUT2D eigenvalue weighted by Crippen LogP contribution is -2.43. The van der Waals surface area contributed by atoms with Crippen LogP contribution in [0.5, 0.6) is 11.9 Å². The Morgan fingerprint density at radius 1 is 1.26 bits per heavy atom. The van der Waals surface area contributed by atoms with Crippen LogP contribution in [0.3, 0.4) is 0 Å². The summed E-state index contributed by atoms with van der Waals surface area (Å²) in [5.74, 6) is -0.240. The molecule has 0 unspecified atom stereocenters. The summed E-state index contributed by atoms with van der Waals surface area (Å²) < 4.78 is 61.9. The van der Waals surface area contributed by atoms with Crippen LogP contribution in [-0.2, 0) is 0 Å². The Labute approximate surface area is 152 Å². The molecule has 27 heavy (non-hydrogen) atoms. The van der Waals surface area contributed by atoms with Gasteiger partial charge in [0.15, 0.2) is 6.61 Å². The molecule has 2 aromatic heterocycles. The maximum atomic E-state index is 13.8. The van der Waals surface area contributed by atoms with E-state index in [0.29, 0.717) is 18.5 Å². The minimum absolute atomic E-state index is 0.0885. The third-order valence-corrected chi connectivity index (χ3v) is 5.05. The van der Waals surface area contributed by atoms with Crippen LogP contribution in [0.15, 0.2) is 18.5 Å². The first-order chi connectivity index (χ1) is 12.8. The summed E-state index contributed by atoms with van der Waals surface area (Å²) in [5, 5.41) is 0.263. The van der Waals surface area contributed by atoms with Gasteiger partial charge in [-0.3, -0.25) is 9.88 Å². The van der Waals surface area contributed by atoms with E-state index in [4.69, 9.17) is 9.47 Å². The van der Waals surface area contributed by atoms with E-state index in [2.05, 4.69) is 19.9 Å². The fourth-order valence-corrected chi connectivity index (χ4v) is 3.90. The highest BCUT2D eigenvalue weighted by Crippen LogP contribution is 2.40. The van der Waals surface area contributed by atoms with Crippen LogP contribution in [-0.4, -0.2) is 64.0 Å². The molecule has 2 aliphatic rings. The number of hydrogen-bond donors (Lipinski definition) is 0. The molecule has 2 saturated heterocycles. The van der Waals surface area contributed by atoms with Crippen LogP contribution in [0.25, 0.3) is 10.9 Å². The summed E-state index contributed by atoms with van der Waals surface area (Å²) in [7, 11) is 0. The highest BCUT2D eigenvalue weighted by Gasteiger charge is 2.49. The Morgan fingerprint density at radius 2 is 2.11 bits per heavy atom. The van der Waals surface area contributed by atoms with Gasteiger partial charge in [0.1, 0.15) is 12.8 Å². The number of ether oxygens (including phenoxy) is 2. The minimum atomic E-state index is -4.50. The SMILES string of the molecule is F[C@H]1CN2CCC[C@@]2(COc2nc(OCC(F)(F)F)c3cnccc3n2)C1. The maximum Gasteiger partial charge on any atom is 0.422 e. The molecule has 0 spiro atoms. The van der Waals surface area contributed by atoms with Crippen LogP contribution in [0.1, 0.15) is 19.3 Å². The lowest BCUT2D eigenvalue weighted by Gasteiger charge is -2.30. The van der Waals surface area contributed by atoms with Crippen molar-refractivity contribution in [1.82, 2.24) is 19.9 Å². The van der Waals surface area contributed by atoms with E-state index in [-0.39, 0.29) is 23.9 Å². The molecule has 2 fully saturated rings. The van der Waals surface area contributed by atoms with E-state index < -0.39 is 24.5 Å². The molecule has 0 amide bonds. The molecule has 10 heteroatoms. The average Bonchev–Trinajstić information content (AvgIpc) is 3.13. The molecule has 0 radical (unpaired) electrons. The van der Waals surface area contributed by atoms with Crippen LogP contribution >= 0.6 is 0 Å². The van der Waals surface area contributed by atoms with Crippen LogP contribution in [0, 0.1) is 0 Å². The predicted molar refractivity (Wildman–Crippen MR) is 87.4 cm³/mol. The molecule has 2 aliphatic heterocycles. The number of pyridine rings is 1. The monoisotopic (exact) mass is 386 g/mol. The van der Waals surface area contributed by atoms with Crippen LogP contribution in [0.2, 0.25) is 0 Å². The number of aromatic nitrogens is 3. The molecule has 0 aromatic carbocycles. The first-order valence-corrected chi connectivity index (χ1v) is 8.68. The standard InChI is InChI=1S/C17H18F4N4O2/c18-11-6-16(3-1-5-25(16)8-11)9-27-15-23-13-2-4-22-7-12(13)14(24-15)26-10-17(19,20)21/h2,4,7,11H,1,3,5-6,8-10H2/t11-,16+/m1/s1. The maximum absolute atomic E-state index is 13.8. The first kappa shape index (κ1) is 18.1. The van der Waals surface area contributed by atoms with Crippen molar-refractivity contribution in [2.45, 2.75) is 37.1 Å². The fraction of sp³-hybridized carbons (Fsp3) is 0.588. The second-order valence-corrected chi connectivity index (χ2v) is 6.97. The first-order valence-electron chi connectivity index (χ1n) is 8.68. The highest BCUT2D eigenvalue weighted by molar-refractivity contribution is 5.82. The fourth-order valence-electron chi connectivity index (χ4n) is 3.90. The van der Waals surface area contributed by atoms with Gasteiger partial charge in [-0.05, 0) is 25.5 Å². The molecule has 0 aliphatic carbocycles. The van der Waals surface area contributed by atoms with Crippen molar-refractivity contribution in [2.75, 3.05) is 26.3 Å². The van der Waals surface area contributed by atoms with Gasteiger partial charge in [0.25, 0.3) is 0 Å². The largest absolute Gasteiger partial charge is 0.467 e. The number of fused-ring (bicyclic) bond motifs is 2. The van der Waals surface area contributed by atoms with Crippen LogP contribution in [0.4, 0.5) is 17.6 Å². The summed E-state index contributed by atoms with van der Waals surface area (Å²) in [4.78, 5) is 14.2. The summed E-state index contributed by atoms with van der Waals surface area (Å²) in [6.45, 7) is -0.0983. The number of alkyl halides is 4. The molecule has 2 atom stereocenters. The van der Waals surface area contributed by atoms with Crippen molar-refractivity contribution in [3.05, 3.63) is 18.5 Å². The molecule has 0 saturated carbocycles. The van der Waals surface area contributed by atoms with Crippen molar-refractivity contribution in [1.29, 1.82) is 0 Å². The van der Waals surface area contributed by atoms with Gasteiger partial charge >= 0.3 is 12.2 Å². The third-order valence-electron chi connectivity index (χ3n) is 5.05. The van der Waals surface area contributed by atoms with Crippen molar-refractivity contribution in [2.24, 2.45) is 0 Å². The molecule has 4 heterocycles. The van der Waals surface area contributed by atoms with Crippen molar-refractivity contribution >= 4 is 10.9 Å². The Bertz CT molecular complexity index is 834. The number of hydrogen-bond acceptors (Lipinski definition) is 6. The molecule has 0 N–H and O–H groups in total. The normalized spacial score (nSPS) is 25.7. The molecule has 4 rings (SSSR count). The molecule has 6 nitrogen and oxygen atoms in total.